The number of hydrogen-bond acceptors (Lipinski definition) is 7. The Bertz CT molecular complexity index is 1280. The number of carbonyl (C=O) groups is 1. The lowest BCUT2D eigenvalue weighted by molar-refractivity contribution is -0.137. The minimum Gasteiger partial charge on any atom is -0.383 e. The van der Waals surface area contributed by atoms with Gasteiger partial charge in [-0.05, 0) is 42.3 Å². The molecule has 2 aromatic heterocycles. The summed E-state index contributed by atoms with van der Waals surface area (Å²) in [5.74, 6) is 0.117. The van der Waals surface area contributed by atoms with Crippen molar-refractivity contribution in [1.29, 1.82) is 0 Å². The molecule has 0 aliphatic carbocycles. The van der Waals surface area contributed by atoms with Crippen molar-refractivity contribution in [3.63, 3.8) is 0 Å². The van der Waals surface area contributed by atoms with Crippen molar-refractivity contribution in [2.75, 3.05) is 26.1 Å². The number of amides is 1. The number of ether oxygens (including phenoxy) is 3. The van der Waals surface area contributed by atoms with Crippen molar-refractivity contribution >= 4 is 22.6 Å². The van der Waals surface area contributed by atoms with Gasteiger partial charge in [-0.15, -0.1) is 0 Å². The average molecular weight is 502 g/mol. The van der Waals surface area contributed by atoms with Crippen molar-refractivity contribution in [2.24, 2.45) is 0 Å². The number of nitrogens with zero attached hydrogens (tertiary/aromatic N) is 3. The second kappa shape index (κ2) is 9.64. The van der Waals surface area contributed by atoms with Crippen molar-refractivity contribution in [2.45, 2.75) is 44.5 Å². The van der Waals surface area contributed by atoms with Gasteiger partial charge < -0.3 is 24.8 Å². The third-order valence-corrected chi connectivity index (χ3v) is 6.69. The largest absolute Gasteiger partial charge is 0.417 e. The van der Waals surface area contributed by atoms with Crippen LogP contribution in [0.25, 0.3) is 10.9 Å². The van der Waals surface area contributed by atoms with Gasteiger partial charge in [-0.1, -0.05) is 0 Å². The Morgan fingerprint density at radius 2 is 2.00 bits per heavy atom. The Kier molecular flexibility index (Phi) is 6.54. The first-order valence-electron chi connectivity index (χ1n) is 11.5. The molecule has 190 valence electrons. The molecular weight excluding hydrogens is 477 g/mol. The number of nitrogens with two attached hydrogens (primary N) is 1. The zero-order valence-electron chi connectivity index (χ0n) is 19.5. The SMILES string of the molecule is CO[C@H]1COCC[C@@H]1N(Cc1ccc(C(F)(F)F)cn1)C(=O)c1ccc2nc(N)c3c(c2c1)COC3. The van der Waals surface area contributed by atoms with Crippen molar-refractivity contribution in [3.8, 4) is 0 Å². The summed E-state index contributed by atoms with van der Waals surface area (Å²) in [5.41, 5.74) is 8.35. The molecule has 11 heteroatoms. The van der Waals surface area contributed by atoms with Crippen LogP contribution in [0.1, 0.15) is 39.2 Å². The molecule has 0 bridgehead atoms. The molecule has 2 aliphatic rings. The number of rotatable bonds is 5. The highest BCUT2D eigenvalue weighted by atomic mass is 19.4. The fourth-order valence-electron chi connectivity index (χ4n) is 4.75. The van der Waals surface area contributed by atoms with Gasteiger partial charge in [-0.2, -0.15) is 13.2 Å². The number of halogens is 3. The quantitative estimate of drug-likeness (QED) is 0.568. The van der Waals surface area contributed by atoms with Crippen molar-refractivity contribution in [1.82, 2.24) is 14.9 Å². The van der Waals surface area contributed by atoms with E-state index in [1.165, 1.54) is 6.07 Å². The Morgan fingerprint density at radius 3 is 2.72 bits per heavy atom. The van der Waals surface area contributed by atoms with Gasteiger partial charge in [0.2, 0.25) is 0 Å². The van der Waals surface area contributed by atoms with E-state index in [0.717, 1.165) is 28.8 Å². The number of anilines is 1. The number of aromatic nitrogens is 2. The van der Waals surface area contributed by atoms with Gasteiger partial charge in [0, 0.05) is 36.4 Å². The zero-order valence-corrected chi connectivity index (χ0v) is 19.5. The van der Waals surface area contributed by atoms with Crippen LogP contribution < -0.4 is 5.73 Å². The lowest BCUT2D eigenvalue weighted by Crippen LogP contribution is -2.52. The fourth-order valence-corrected chi connectivity index (χ4v) is 4.75. The van der Waals surface area contributed by atoms with Gasteiger partial charge in [-0.25, -0.2) is 4.98 Å². The van der Waals surface area contributed by atoms with Gasteiger partial charge in [0.25, 0.3) is 5.91 Å². The van der Waals surface area contributed by atoms with Crippen LogP contribution in [-0.2, 0) is 40.1 Å². The van der Waals surface area contributed by atoms with E-state index in [1.807, 2.05) is 0 Å². The van der Waals surface area contributed by atoms with Crippen molar-refractivity contribution < 1.29 is 32.2 Å². The number of methoxy groups -OCH3 is 1. The molecule has 5 rings (SSSR count). The maximum atomic E-state index is 13.9. The highest BCUT2D eigenvalue weighted by Gasteiger charge is 2.35. The van der Waals surface area contributed by atoms with Crippen LogP contribution in [-0.4, -0.2) is 53.2 Å². The van der Waals surface area contributed by atoms with E-state index in [0.29, 0.717) is 55.4 Å². The second-order valence-corrected chi connectivity index (χ2v) is 8.85. The summed E-state index contributed by atoms with van der Waals surface area (Å²) in [6.45, 7) is 1.49. The Balaban J connectivity index is 1.51. The van der Waals surface area contributed by atoms with E-state index >= 15 is 0 Å². The second-order valence-electron chi connectivity index (χ2n) is 8.85. The molecule has 0 saturated carbocycles. The van der Waals surface area contributed by atoms with Gasteiger partial charge in [0.05, 0.1) is 49.2 Å². The van der Waals surface area contributed by atoms with Gasteiger partial charge >= 0.3 is 6.18 Å². The molecule has 0 radical (unpaired) electrons. The van der Waals surface area contributed by atoms with E-state index in [2.05, 4.69) is 9.97 Å². The molecule has 36 heavy (non-hydrogen) atoms. The first-order valence-corrected chi connectivity index (χ1v) is 11.5. The highest BCUT2D eigenvalue weighted by molar-refractivity contribution is 5.99. The number of nitrogen functional groups attached to an aromatic ring is 1. The highest BCUT2D eigenvalue weighted by Crippen LogP contribution is 2.33. The fraction of sp³-hybridized carbons (Fsp3) is 0.400. The smallest absolute Gasteiger partial charge is 0.383 e. The van der Waals surface area contributed by atoms with Crippen LogP contribution in [0.2, 0.25) is 0 Å². The van der Waals surface area contributed by atoms with E-state index in [9.17, 15) is 18.0 Å². The summed E-state index contributed by atoms with van der Waals surface area (Å²) >= 11 is 0. The molecule has 3 aromatic rings. The zero-order chi connectivity index (χ0) is 25.4. The maximum absolute atomic E-state index is 13.9. The predicted octanol–water partition coefficient (Wildman–Crippen LogP) is 3.71. The van der Waals surface area contributed by atoms with Crippen LogP contribution in [0.5, 0.6) is 0 Å². The standard InChI is InChI=1S/C25H25F3N4O4/c1-34-22-13-35-7-6-21(22)32(10-16-4-3-15(9-30-16)25(26,27)28)24(33)14-2-5-20-17(8-14)18-11-36-12-19(18)23(29)31-20/h2-5,8-9,21-22H,6-7,10-13H2,1H3,(H2,29,31)/t21-,22-/m0/s1. The van der Waals surface area contributed by atoms with Crippen molar-refractivity contribution in [3.05, 3.63) is 64.5 Å². The first-order chi connectivity index (χ1) is 17.3. The summed E-state index contributed by atoms with van der Waals surface area (Å²) in [5, 5.41) is 0.783. The van der Waals surface area contributed by atoms with Crippen LogP contribution >= 0.6 is 0 Å². The molecule has 2 aliphatic heterocycles. The molecule has 8 nitrogen and oxygen atoms in total. The number of benzene rings is 1. The summed E-state index contributed by atoms with van der Waals surface area (Å²) in [6, 6.07) is 7.10. The Morgan fingerprint density at radius 1 is 1.19 bits per heavy atom. The monoisotopic (exact) mass is 502 g/mol. The summed E-state index contributed by atoms with van der Waals surface area (Å²) in [6.07, 6.45) is -3.59. The summed E-state index contributed by atoms with van der Waals surface area (Å²) in [7, 11) is 1.54. The van der Waals surface area contributed by atoms with Gasteiger partial charge in [-0.3, -0.25) is 9.78 Å². The minimum atomic E-state index is -4.49. The molecule has 0 spiro atoms. The topological polar surface area (TPSA) is 99.8 Å². The molecule has 0 unspecified atom stereocenters. The van der Waals surface area contributed by atoms with Crippen LogP contribution in [0.4, 0.5) is 19.0 Å². The van der Waals surface area contributed by atoms with E-state index in [4.69, 9.17) is 19.9 Å². The molecule has 1 amide bonds. The maximum Gasteiger partial charge on any atom is 0.417 e. The van der Waals surface area contributed by atoms with Crippen LogP contribution in [0.3, 0.4) is 0 Å². The molecule has 1 saturated heterocycles. The molecular formula is C25H25F3N4O4. The third-order valence-electron chi connectivity index (χ3n) is 6.69. The number of pyridine rings is 2. The lowest BCUT2D eigenvalue weighted by Gasteiger charge is -2.39. The van der Waals surface area contributed by atoms with Crippen LogP contribution in [0, 0.1) is 0 Å². The van der Waals surface area contributed by atoms with E-state index in [-0.39, 0.29) is 18.5 Å². The Labute approximate surface area is 205 Å². The summed E-state index contributed by atoms with van der Waals surface area (Å²) in [4.78, 5) is 23.9. The first kappa shape index (κ1) is 24.4. The molecule has 2 N–H and O–H groups in total. The van der Waals surface area contributed by atoms with E-state index in [1.54, 1.807) is 30.2 Å². The molecule has 4 heterocycles. The van der Waals surface area contributed by atoms with Gasteiger partial charge in [0.1, 0.15) is 11.9 Å². The summed E-state index contributed by atoms with van der Waals surface area (Å²) < 4.78 is 55.7. The Hall–Kier alpha value is -3.28. The molecule has 2 atom stereocenters. The third kappa shape index (κ3) is 4.61. The van der Waals surface area contributed by atoms with Gasteiger partial charge in [0.15, 0.2) is 0 Å². The average Bonchev–Trinajstić information content (AvgIpc) is 3.38. The number of alkyl halides is 3. The molecule has 1 fully saturated rings. The predicted molar refractivity (Wildman–Crippen MR) is 124 cm³/mol. The minimum absolute atomic E-state index is 0.0146. The van der Waals surface area contributed by atoms with E-state index < -0.39 is 17.8 Å². The number of carbonyl (C=O) groups excluding carboxylic acids is 1. The normalized spacial score (nSPS) is 19.9. The lowest BCUT2D eigenvalue weighted by atomic mass is 9.99. The number of hydrogen-bond donors (Lipinski definition) is 1. The number of fused-ring (bicyclic) bond motifs is 3. The van der Waals surface area contributed by atoms with Crippen LogP contribution in [0.15, 0.2) is 36.5 Å². The molecule has 1 aromatic carbocycles.